The largest absolute Gasteiger partial charge is 0.490 e. The summed E-state index contributed by atoms with van der Waals surface area (Å²) in [5.41, 5.74) is 2.33. The van der Waals surface area contributed by atoms with Crippen molar-refractivity contribution < 1.29 is 27.4 Å². The average Bonchev–Trinajstić information content (AvgIpc) is 3.67. The number of halogens is 3. The quantitative estimate of drug-likeness (QED) is 0.141. The van der Waals surface area contributed by atoms with Crippen LogP contribution in [-0.2, 0) is 16.6 Å². The third-order valence-corrected chi connectivity index (χ3v) is 8.65. The summed E-state index contributed by atoms with van der Waals surface area (Å²) in [6.45, 7) is 4.07. The van der Waals surface area contributed by atoms with Gasteiger partial charge in [0.05, 0.1) is 22.1 Å². The number of fused-ring (bicyclic) bond motifs is 2. The van der Waals surface area contributed by atoms with Crippen molar-refractivity contribution in [2.45, 2.75) is 49.5 Å². The highest BCUT2D eigenvalue weighted by Gasteiger charge is 2.40. The van der Waals surface area contributed by atoms with Gasteiger partial charge in [0.2, 0.25) is 5.82 Å². The molecule has 0 amide bonds. The maximum absolute atomic E-state index is 15.2. The number of aldehydes is 1. The molecule has 2 N–H and O–H groups in total. The minimum atomic E-state index is -1.13. The smallest absolute Gasteiger partial charge is 0.204 e. The van der Waals surface area contributed by atoms with Crippen LogP contribution in [0.2, 0.25) is 0 Å². The van der Waals surface area contributed by atoms with Crippen LogP contribution < -0.4 is 9.47 Å². The third-order valence-electron chi connectivity index (χ3n) is 7.83. The van der Waals surface area contributed by atoms with Crippen LogP contribution in [0.3, 0.4) is 0 Å². The van der Waals surface area contributed by atoms with E-state index >= 15 is 8.78 Å². The predicted octanol–water partition coefficient (Wildman–Crippen LogP) is 8.10. The first-order valence-corrected chi connectivity index (χ1v) is 14.8. The molecule has 0 radical (unpaired) electrons. The second-order valence-corrected chi connectivity index (χ2v) is 11.4. The highest BCUT2D eigenvalue weighted by atomic mass is 32.2. The molecule has 42 heavy (non-hydrogen) atoms. The minimum Gasteiger partial charge on any atom is -0.490 e. The van der Waals surface area contributed by atoms with Gasteiger partial charge in [-0.2, -0.15) is 4.39 Å². The summed E-state index contributed by atoms with van der Waals surface area (Å²) >= 11 is 1.22. The van der Waals surface area contributed by atoms with Crippen molar-refractivity contribution in [1.82, 2.24) is 15.0 Å². The fourth-order valence-electron chi connectivity index (χ4n) is 5.82. The second-order valence-electron chi connectivity index (χ2n) is 10.6. The van der Waals surface area contributed by atoms with Crippen LogP contribution in [0.4, 0.5) is 13.2 Å². The monoisotopic (exact) mass is 591 g/mol. The van der Waals surface area contributed by atoms with Gasteiger partial charge in [0.15, 0.2) is 11.6 Å². The first kappa shape index (κ1) is 28.0. The number of rotatable bonds is 8. The molecular formula is C32H28F3N3O3S. The number of benzene rings is 3. The molecule has 2 atom stereocenters. The van der Waals surface area contributed by atoms with Crippen LogP contribution in [0.15, 0.2) is 59.8 Å². The van der Waals surface area contributed by atoms with E-state index < -0.39 is 22.9 Å². The molecule has 1 aliphatic heterocycles. The second kappa shape index (κ2) is 10.9. The van der Waals surface area contributed by atoms with Crippen molar-refractivity contribution >= 4 is 29.0 Å². The Morgan fingerprint density at radius 1 is 1.19 bits per heavy atom. The van der Waals surface area contributed by atoms with E-state index in [0.29, 0.717) is 29.5 Å². The maximum Gasteiger partial charge on any atom is 0.204 e. The molecule has 0 bridgehead atoms. The van der Waals surface area contributed by atoms with E-state index in [9.17, 15) is 9.18 Å². The third kappa shape index (κ3) is 4.63. The van der Waals surface area contributed by atoms with Crippen LogP contribution >= 0.6 is 11.8 Å². The molecular weight excluding hydrogens is 563 g/mol. The zero-order valence-electron chi connectivity index (χ0n) is 23.2. The van der Waals surface area contributed by atoms with Gasteiger partial charge < -0.3 is 24.2 Å². The first-order chi connectivity index (χ1) is 20.2. The number of aromatic nitrogens is 3. The normalized spacial score (nSPS) is 18.1. The number of nitrogens with zero attached hydrogens (tertiary/aromatic N) is 1. The average molecular weight is 592 g/mol. The molecule has 0 aliphatic carbocycles. The summed E-state index contributed by atoms with van der Waals surface area (Å²) < 4.78 is 57.1. The number of thioether (sulfide) groups is 1. The van der Waals surface area contributed by atoms with Gasteiger partial charge in [-0.15, -0.1) is 11.8 Å². The van der Waals surface area contributed by atoms with E-state index in [2.05, 4.69) is 21.9 Å². The van der Waals surface area contributed by atoms with Gasteiger partial charge in [0.1, 0.15) is 29.4 Å². The summed E-state index contributed by atoms with van der Waals surface area (Å²) in [5.74, 6) is -1.84. The van der Waals surface area contributed by atoms with Crippen molar-refractivity contribution in [3.63, 3.8) is 0 Å². The molecule has 10 heteroatoms. The number of para-hydroxylation sites is 1. The predicted molar refractivity (Wildman–Crippen MR) is 156 cm³/mol. The number of imidazole rings is 1. The highest BCUT2D eigenvalue weighted by Crippen LogP contribution is 2.47. The fraction of sp³-hybridized carbons (Fsp3) is 0.250. The zero-order valence-corrected chi connectivity index (χ0v) is 24.0. The van der Waals surface area contributed by atoms with E-state index in [1.165, 1.54) is 36.2 Å². The van der Waals surface area contributed by atoms with Crippen molar-refractivity contribution in [2.24, 2.45) is 0 Å². The molecule has 0 saturated carbocycles. The number of aryl methyl sites for hydroxylation is 1. The molecule has 5 aromatic rings. The molecule has 3 heterocycles. The lowest BCUT2D eigenvalue weighted by molar-refractivity contribution is -0.107. The van der Waals surface area contributed by atoms with Gasteiger partial charge in [0, 0.05) is 40.9 Å². The van der Waals surface area contributed by atoms with Crippen LogP contribution in [-0.4, -0.2) is 33.6 Å². The molecule has 6 rings (SSSR count). The number of ether oxygens (including phenoxy) is 2. The number of carbonyl (C=O) groups excluding carboxylic acids is 1. The molecule has 1 unspecified atom stereocenters. The molecule has 0 fully saturated rings. The number of aromatic amines is 2. The maximum atomic E-state index is 15.2. The van der Waals surface area contributed by atoms with E-state index in [1.54, 1.807) is 18.5 Å². The minimum absolute atomic E-state index is 0.0560. The Balaban J connectivity index is 1.37. The molecule has 3 aromatic carbocycles. The van der Waals surface area contributed by atoms with Gasteiger partial charge in [-0.3, -0.25) is 0 Å². The number of carbonyl (C=O) groups is 1. The molecule has 0 saturated heterocycles. The van der Waals surface area contributed by atoms with Gasteiger partial charge >= 0.3 is 0 Å². The summed E-state index contributed by atoms with van der Waals surface area (Å²) in [6.07, 6.45) is 7.35. The number of hydrogen-bond acceptors (Lipinski definition) is 5. The summed E-state index contributed by atoms with van der Waals surface area (Å²) in [5, 5.41) is 0.489. The van der Waals surface area contributed by atoms with Crippen molar-refractivity contribution in [3.8, 4) is 28.6 Å². The Morgan fingerprint density at radius 3 is 2.81 bits per heavy atom. The SMILES string of the molecule is CSc1c(Oc2ccc(F)c(-c3ncc([C@@]4(C)CC(C)Oc5c(CCC=O)cccc54)[nH]3)c2)c(F)c(F)c2[nH]ccc12. The van der Waals surface area contributed by atoms with Crippen LogP contribution in [0, 0.1) is 17.5 Å². The van der Waals surface area contributed by atoms with Crippen LogP contribution in [0.25, 0.3) is 22.3 Å². The Kier molecular flexibility index (Phi) is 7.26. The molecule has 1 aliphatic rings. The molecule has 2 aromatic heterocycles. The van der Waals surface area contributed by atoms with Gasteiger partial charge in [0.25, 0.3) is 0 Å². The lowest BCUT2D eigenvalue weighted by Crippen LogP contribution is -2.36. The lowest BCUT2D eigenvalue weighted by Gasteiger charge is -2.39. The molecule has 216 valence electrons. The van der Waals surface area contributed by atoms with Gasteiger partial charge in [-0.05, 0) is 62.8 Å². The van der Waals surface area contributed by atoms with E-state index in [1.807, 2.05) is 25.1 Å². The zero-order chi connectivity index (χ0) is 29.6. The van der Waals surface area contributed by atoms with Gasteiger partial charge in [-0.25, -0.2) is 13.8 Å². The van der Waals surface area contributed by atoms with E-state index in [4.69, 9.17) is 9.47 Å². The topological polar surface area (TPSA) is 80.0 Å². The summed E-state index contributed by atoms with van der Waals surface area (Å²) in [4.78, 5) is 22.0. The highest BCUT2D eigenvalue weighted by molar-refractivity contribution is 7.99. The standard InChI is InChI=1S/C32H28F3N3O3S/c1-17-15-32(2,22-8-4-6-18(7-5-13-39)28(22)40-17)24-16-37-31(38-24)21-14-19(9-10-23(21)33)41-29-26(35)25(34)27-20(11-12-36-27)30(29)42-3/h4,6,8-14,16-17,36H,5,7,15H2,1-3H3,(H,37,38)/t17?,32-/m0/s1. The van der Waals surface area contributed by atoms with E-state index in [0.717, 1.165) is 28.9 Å². The van der Waals surface area contributed by atoms with E-state index in [-0.39, 0.29) is 34.5 Å². The Morgan fingerprint density at radius 2 is 2.02 bits per heavy atom. The summed E-state index contributed by atoms with van der Waals surface area (Å²) in [6, 6.07) is 11.6. The Hall–Kier alpha value is -4.18. The number of H-pyrrole nitrogens is 2. The molecule has 0 spiro atoms. The summed E-state index contributed by atoms with van der Waals surface area (Å²) in [7, 11) is 0. The molecule has 6 nitrogen and oxygen atoms in total. The number of nitrogens with one attached hydrogen (secondary N) is 2. The van der Waals surface area contributed by atoms with Crippen molar-refractivity contribution in [2.75, 3.05) is 6.26 Å². The van der Waals surface area contributed by atoms with Crippen molar-refractivity contribution in [1.29, 1.82) is 0 Å². The van der Waals surface area contributed by atoms with Crippen LogP contribution in [0.5, 0.6) is 17.2 Å². The number of hydrogen-bond donors (Lipinski definition) is 2. The van der Waals surface area contributed by atoms with Crippen molar-refractivity contribution in [3.05, 3.63) is 89.1 Å². The Bertz CT molecular complexity index is 1820. The fourth-order valence-corrected chi connectivity index (χ4v) is 6.53. The Labute approximate surface area is 244 Å². The van der Waals surface area contributed by atoms with Gasteiger partial charge in [-0.1, -0.05) is 18.2 Å². The first-order valence-electron chi connectivity index (χ1n) is 13.5. The lowest BCUT2D eigenvalue weighted by atomic mass is 9.73. The van der Waals surface area contributed by atoms with Crippen LogP contribution in [0.1, 0.15) is 43.5 Å².